The van der Waals surface area contributed by atoms with E-state index in [1.165, 1.54) is 21.6 Å². The van der Waals surface area contributed by atoms with Crippen LogP contribution in [-0.4, -0.2) is 30.4 Å². The number of nitrogens with one attached hydrogen (secondary N) is 1. The predicted molar refractivity (Wildman–Crippen MR) is 116 cm³/mol. The number of rotatable bonds is 6. The van der Waals surface area contributed by atoms with E-state index in [0.717, 1.165) is 13.0 Å². The molecule has 1 aliphatic heterocycles. The van der Waals surface area contributed by atoms with Crippen molar-refractivity contribution in [2.45, 2.75) is 12.5 Å². The summed E-state index contributed by atoms with van der Waals surface area (Å²) >= 11 is 1.71. The maximum absolute atomic E-state index is 12.8. The molecule has 4 rings (SSSR count). The van der Waals surface area contributed by atoms with Gasteiger partial charge in [0.25, 0.3) is 0 Å². The molecule has 4 heteroatoms. The lowest BCUT2D eigenvalue weighted by Crippen LogP contribution is -2.41. The van der Waals surface area contributed by atoms with Crippen LogP contribution in [0.2, 0.25) is 0 Å². The van der Waals surface area contributed by atoms with Gasteiger partial charge in [0.15, 0.2) is 0 Å². The molecule has 2 aromatic carbocycles. The average Bonchev–Trinajstić information content (AvgIpc) is 3.30. The normalized spacial score (nSPS) is 15.1. The zero-order chi connectivity index (χ0) is 19.2. The highest BCUT2D eigenvalue weighted by Crippen LogP contribution is 2.26. The number of benzene rings is 2. The lowest BCUT2D eigenvalue weighted by atomic mass is 9.99. The Kier molecular flexibility index (Phi) is 6.00. The molecule has 0 unspecified atom stereocenters. The van der Waals surface area contributed by atoms with Crippen molar-refractivity contribution in [1.82, 2.24) is 10.2 Å². The smallest absolute Gasteiger partial charge is 0.236 e. The van der Waals surface area contributed by atoms with E-state index in [4.69, 9.17) is 0 Å². The van der Waals surface area contributed by atoms with E-state index in [0.29, 0.717) is 13.1 Å². The number of carbonyl (C=O) groups excluding carboxylic acids is 1. The summed E-state index contributed by atoms with van der Waals surface area (Å²) < 4.78 is 0. The van der Waals surface area contributed by atoms with Crippen molar-refractivity contribution in [1.29, 1.82) is 0 Å². The summed E-state index contributed by atoms with van der Waals surface area (Å²) in [6.45, 7) is 1.79. The third kappa shape index (κ3) is 4.41. The first-order chi connectivity index (χ1) is 13.8. The maximum Gasteiger partial charge on any atom is 0.236 e. The van der Waals surface area contributed by atoms with Gasteiger partial charge in [0.1, 0.15) is 0 Å². The Balaban J connectivity index is 1.39. The zero-order valence-corrected chi connectivity index (χ0v) is 16.6. The number of amides is 1. The van der Waals surface area contributed by atoms with Crippen LogP contribution in [0.5, 0.6) is 0 Å². The van der Waals surface area contributed by atoms with Crippen molar-refractivity contribution in [3.8, 4) is 0 Å². The van der Waals surface area contributed by atoms with Gasteiger partial charge in [0.2, 0.25) is 5.91 Å². The molecule has 3 nitrogen and oxygen atoms in total. The third-order valence-corrected chi connectivity index (χ3v) is 6.06. The molecule has 0 spiro atoms. The molecule has 1 atom stereocenters. The van der Waals surface area contributed by atoms with E-state index in [-0.39, 0.29) is 11.9 Å². The van der Waals surface area contributed by atoms with Crippen molar-refractivity contribution in [2.75, 3.05) is 19.6 Å². The van der Waals surface area contributed by atoms with Crippen molar-refractivity contribution < 1.29 is 4.79 Å². The highest BCUT2D eigenvalue weighted by molar-refractivity contribution is 7.10. The van der Waals surface area contributed by atoms with Gasteiger partial charge in [-0.05, 0) is 34.6 Å². The van der Waals surface area contributed by atoms with Gasteiger partial charge in [-0.1, -0.05) is 72.8 Å². The van der Waals surface area contributed by atoms with E-state index in [2.05, 4.69) is 65.3 Å². The standard InChI is InChI=1S/C24H24N2OS/c27-23(26-15-13-20(14-16-26)19-8-3-1-4-9-19)18-25-24(22-12-7-17-28-22)21-10-5-2-6-11-21/h1-13,17,24-25H,14-16,18H2/t24-/m1/s1. The van der Waals surface area contributed by atoms with E-state index in [1.807, 2.05) is 29.2 Å². The van der Waals surface area contributed by atoms with Gasteiger partial charge < -0.3 is 4.90 Å². The predicted octanol–water partition coefficient (Wildman–Crippen LogP) is 4.74. The maximum atomic E-state index is 12.8. The summed E-state index contributed by atoms with van der Waals surface area (Å²) in [5, 5.41) is 5.56. The second kappa shape index (κ2) is 9.00. The van der Waals surface area contributed by atoms with Gasteiger partial charge in [-0.25, -0.2) is 0 Å². The van der Waals surface area contributed by atoms with Gasteiger partial charge in [-0.3, -0.25) is 10.1 Å². The summed E-state index contributed by atoms with van der Waals surface area (Å²) in [5.74, 6) is 0.154. The molecule has 1 aliphatic rings. The summed E-state index contributed by atoms with van der Waals surface area (Å²) in [6.07, 6.45) is 3.09. The first-order valence-electron chi connectivity index (χ1n) is 9.65. The molecular weight excluding hydrogens is 364 g/mol. The van der Waals surface area contributed by atoms with Crippen LogP contribution in [0.4, 0.5) is 0 Å². The van der Waals surface area contributed by atoms with E-state index >= 15 is 0 Å². The molecule has 1 amide bonds. The minimum Gasteiger partial charge on any atom is -0.338 e. The fraction of sp³-hybridized carbons (Fsp3) is 0.208. The highest BCUT2D eigenvalue weighted by atomic mass is 32.1. The quantitative estimate of drug-likeness (QED) is 0.661. The monoisotopic (exact) mass is 388 g/mol. The SMILES string of the molecule is O=C(CN[C@H](c1ccccc1)c1cccs1)N1CC=C(c2ccccc2)CC1. The number of hydrogen-bond donors (Lipinski definition) is 1. The summed E-state index contributed by atoms with van der Waals surface area (Å²) in [7, 11) is 0. The van der Waals surface area contributed by atoms with Gasteiger partial charge in [0, 0.05) is 18.0 Å². The van der Waals surface area contributed by atoms with E-state index < -0.39 is 0 Å². The largest absolute Gasteiger partial charge is 0.338 e. The van der Waals surface area contributed by atoms with Crippen LogP contribution >= 0.6 is 11.3 Å². The molecule has 2 heterocycles. The van der Waals surface area contributed by atoms with Gasteiger partial charge in [0.05, 0.1) is 12.6 Å². The molecule has 0 radical (unpaired) electrons. The van der Waals surface area contributed by atoms with E-state index in [9.17, 15) is 4.79 Å². The first-order valence-corrected chi connectivity index (χ1v) is 10.5. The third-order valence-electron chi connectivity index (χ3n) is 5.12. The van der Waals surface area contributed by atoms with Crippen LogP contribution in [0.25, 0.3) is 5.57 Å². The number of carbonyl (C=O) groups is 1. The van der Waals surface area contributed by atoms with Gasteiger partial charge >= 0.3 is 0 Å². The number of hydrogen-bond acceptors (Lipinski definition) is 3. The molecule has 0 aliphatic carbocycles. The van der Waals surface area contributed by atoms with Crippen LogP contribution in [0, 0.1) is 0 Å². The molecule has 28 heavy (non-hydrogen) atoms. The minimum absolute atomic E-state index is 0.0466. The second-order valence-electron chi connectivity index (χ2n) is 6.93. The Morgan fingerprint density at radius 3 is 2.39 bits per heavy atom. The lowest BCUT2D eigenvalue weighted by molar-refractivity contribution is -0.129. The Morgan fingerprint density at radius 2 is 1.75 bits per heavy atom. The summed E-state index contributed by atoms with van der Waals surface area (Å²) in [5.41, 5.74) is 3.77. The fourth-order valence-corrected chi connectivity index (χ4v) is 4.42. The summed E-state index contributed by atoms with van der Waals surface area (Å²) in [6, 6.07) is 25.0. The van der Waals surface area contributed by atoms with Crippen molar-refractivity contribution in [3.05, 3.63) is 100 Å². The zero-order valence-electron chi connectivity index (χ0n) is 15.8. The van der Waals surface area contributed by atoms with Gasteiger partial charge in [-0.15, -0.1) is 11.3 Å². The first kappa shape index (κ1) is 18.7. The minimum atomic E-state index is 0.0466. The topological polar surface area (TPSA) is 32.3 Å². The molecule has 1 aromatic heterocycles. The van der Waals surface area contributed by atoms with Crippen LogP contribution < -0.4 is 5.32 Å². The molecule has 3 aromatic rings. The van der Waals surface area contributed by atoms with Crippen LogP contribution in [0.1, 0.15) is 28.5 Å². The lowest BCUT2D eigenvalue weighted by Gasteiger charge is -2.28. The second-order valence-corrected chi connectivity index (χ2v) is 7.90. The van der Waals surface area contributed by atoms with Crippen LogP contribution in [-0.2, 0) is 4.79 Å². The molecule has 0 saturated carbocycles. The van der Waals surface area contributed by atoms with Crippen molar-refractivity contribution >= 4 is 22.8 Å². The Bertz CT molecular complexity index is 920. The molecule has 1 N–H and O–H groups in total. The molecule has 0 fully saturated rings. The number of nitrogens with zero attached hydrogens (tertiary/aromatic N) is 1. The van der Waals surface area contributed by atoms with Crippen molar-refractivity contribution in [3.63, 3.8) is 0 Å². The Labute approximate surface area is 170 Å². The molecular formula is C24H24N2OS. The van der Waals surface area contributed by atoms with Crippen molar-refractivity contribution in [2.24, 2.45) is 0 Å². The molecule has 0 saturated heterocycles. The van der Waals surface area contributed by atoms with Crippen LogP contribution in [0.3, 0.4) is 0 Å². The highest BCUT2D eigenvalue weighted by Gasteiger charge is 2.20. The van der Waals surface area contributed by atoms with Crippen LogP contribution in [0.15, 0.2) is 84.3 Å². The Morgan fingerprint density at radius 1 is 1.00 bits per heavy atom. The van der Waals surface area contributed by atoms with E-state index in [1.54, 1.807) is 11.3 Å². The fourth-order valence-electron chi connectivity index (χ4n) is 3.59. The average molecular weight is 389 g/mol. The molecule has 142 valence electrons. The Hall–Kier alpha value is -2.69. The van der Waals surface area contributed by atoms with Gasteiger partial charge in [-0.2, -0.15) is 0 Å². The number of thiophene rings is 1. The molecule has 0 bridgehead atoms. The summed E-state index contributed by atoms with van der Waals surface area (Å²) in [4.78, 5) is 16.0.